The molecule has 7 nitrogen and oxygen atoms in total. The smallest absolute Gasteiger partial charge is 0.328 e. The van der Waals surface area contributed by atoms with Crippen LogP contribution in [0.2, 0.25) is 5.02 Å². The Kier molecular flexibility index (Phi) is 6.06. The molecule has 0 saturated heterocycles. The van der Waals surface area contributed by atoms with E-state index in [1.807, 2.05) is 13.0 Å². The lowest BCUT2D eigenvalue weighted by Gasteiger charge is -2.12. The summed E-state index contributed by atoms with van der Waals surface area (Å²) in [4.78, 5) is 28.5. The average Bonchev–Trinajstić information content (AvgIpc) is 3.15. The van der Waals surface area contributed by atoms with Crippen LogP contribution in [0.25, 0.3) is 11.4 Å². The summed E-state index contributed by atoms with van der Waals surface area (Å²) in [6.45, 7) is 3.23. The number of aryl methyl sites for hydroxylation is 1. The van der Waals surface area contributed by atoms with Gasteiger partial charge in [0.15, 0.2) is 6.61 Å². The molecule has 0 fully saturated rings. The van der Waals surface area contributed by atoms with Crippen molar-refractivity contribution in [1.82, 2.24) is 15.5 Å². The van der Waals surface area contributed by atoms with Crippen LogP contribution in [0.5, 0.6) is 0 Å². The molecule has 1 aromatic heterocycles. The molecule has 0 saturated carbocycles. The minimum atomic E-state index is -0.830. The third-order valence-corrected chi connectivity index (χ3v) is 4.11. The second-order valence-electron chi connectivity index (χ2n) is 6.19. The van der Waals surface area contributed by atoms with Crippen LogP contribution in [0.3, 0.4) is 0 Å². The van der Waals surface area contributed by atoms with E-state index in [0.717, 1.165) is 5.56 Å². The van der Waals surface area contributed by atoms with Gasteiger partial charge < -0.3 is 14.6 Å². The summed E-state index contributed by atoms with van der Waals surface area (Å²) < 4.78 is 10.2. The predicted octanol–water partition coefficient (Wildman–Crippen LogP) is 3.56. The molecule has 0 aliphatic rings. The predicted molar refractivity (Wildman–Crippen MR) is 103 cm³/mol. The van der Waals surface area contributed by atoms with Gasteiger partial charge in [-0.15, -0.1) is 0 Å². The number of hydrogen-bond acceptors (Lipinski definition) is 6. The molecular weight excluding hydrogens is 382 g/mol. The van der Waals surface area contributed by atoms with Crippen LogP contribution in [0.1, 0.15) is 28.7 Å². The van der Waals surface area contributed by atoms with Crippen molar-refractivity contribution in [3.63, 3.8) is 0 Å². The highest BCUT2D eigenvalue weighted by atomic mass is 35.5. The molecule has 0 aliphatic heterocycles. The van der Waals surface area contributed by atoms with E-state index in [2.05, 4.69) is 15.5 Å². The zero-order chi connectivity index (χ0) is 20.1. The number of nitrogens with one attached hydrogen (secondary N) is 1. The summed E-state index contributed by atoms with van der Waals surface area (Å²) in [5, 5.41) is 6.99. The number of halogens is 1. The van der Waals surface area contributed by atoms with Crippen LogP contribution in [-0.4, -0.2) is 28.1 Å². The molecule has 1 amide bonds. The highest BCUT2D eigenvalue weighted by molar-refractivity contribution is 6.30. The summed E-state index contributed by atoms with van der Waals surface area (Å²) in [6.07, 6.45) is 0. The van der Waals surface area contributed by atoms with E-state index < -0.39 is 12.0 Å². The monoisotopic (exact) mass is 399 g/mol. The van der Waals surface area contributed by atoms with Crippen molar-refractivity contribution < 1.29 is 18.8 Å². The van der Waals surface area contributed by atoms with Crippen molar-refractivity contribution in [3.05, 3.63) is 70.6 Å². The normalized spacial score (nSPS) is 11.7. The second-order valence-corrected chi connectivity index (χ2v) is 6.63. The first-order chi connectivity index (χ1) is 13.4. The Morgan fingerprint density at radius 2 is 2.00 bits per heavy atom. The van der Waals surface area contributed by atoms with Crippen LogP contribution in [0, 0.1) is 6.92 Å². The first-order valence-corrected chi connectivity index (χ1v) is 8.93. The minimum Gasteiger partial charge on any atom is -0.454 e. The third kappa shape index (κ3) is 4.95. The van der Waals surface area contributed by atoms with Crippen LogP contribution in [0.15, 0.2) is 53.1 Å². The molecule has 0 aliphatic carbocycles. The lowest BCUT2D eigenvalue weighted by atomic mass is 10.1. The van der Waals surface area contributed by atoms with Gasteiger partial charge in [0.1, 0.15) is 6.04 Å². The van der Waals surface area contributed by atoms with Gasteiger partial charge in [0.2, 0.25) is 5.82 Å². The number of benzene rings is 2. The van der Waals surface area contributed by atoms with Gasteiger partial charge in [-0.1, -0.05) is 46.6 Å². The quantitative estimate of drug-likeness (QED) is 0.637. The van der Waals surface area contributed by atoms with Crippen molar-refractivity contribution in [2.45, 2.75) is 26.5 Å². The van der Waals surface area contributed by atoms with Gasteiger partial charge in [0.05, 0.1) is 0 Å². The fraction of sp³-hybridized carbons (Fsp3) is 0.200. The number of amides is 1. The van der Waals surface area contributed by atoms with E-state index in [1.54, 1.807) is 49.4 Å². The standard InChI is InChI=1S/C20H18ClN3O4/c1-12-5-3-7-15(9-12)19(25)22-13(2)20(26)27-11-17-23-18(24-28-17)14-6-4-8-16(21)10-14/h3-10,13H,11H2,1-2H3,(H,22,25)/t13-/m0/s1. The zero-order valence-electron chi connectivity index (χ0n) is 15.3. The maximum absolute atomic E-state index is 12.2. The van der Waals surface area contributed by atoms with Gasteiger partial charge in [-0.25, -0.2) is 4.79 Å². The fourth-order valence-electron chi connectivity index (χ4n) is 2.44. The second kappa shape index (κ2) is 8.67. The Labute approximate surface area is 166 Å². The summed E-state index contributed by atoms with van der Waals surface area (Å²) in [7, 11) is 0. The van der Waals surface area contributed by atoms with E-state index in [-0.39, 0.29) is 18.4 Å². The molecule has 1 atom stereocenters. The number of nitrogens with zero attached hydrogens (tertiary/aromatic N) is 2. The fourth-order valence-corrected chi connectivity index (χ4v) is 2.63. The number of ether oxygens (including phenoxy) is 1. The van der Waals surface area contributed by atoms with Gasteiger partial charge in [0.25, 0.3) is 11.8 Å². The van der Waals surface area contributed by atoms with Gasteiger partial charge in [-0.3, -0.25) is 4.79 Å². The van der Waals surface area contributed by atoms with E-state index in [1.165, 1.54) is 0 Å². The average molecular weight is 400 g/mol. The maximum Gasteiger partial charge on any atom is 0.328 e. The number of esters is 1. The van der Waals surface area contributed by atoms with E-state index in [9.17, 15) is 9.59 Å². The van der Waals surface area contributed by atoms with Crippen LogP contribution >= 0.6 is 11.6 Å². The van der Waals surface area contributed by atoms with Crippen LogP contribution < -0.4 is 5.32 Å². The Morgan fingerprint density at radius 3 is 2.75 bits per heavy atom. The number of hydrogen-bond donors (Lipinski definition) is 1. The lowest BCUT2D eigenvalue weighted by Crippen LogP contribution is -2.39. The SMILES string of the molecule is Cc1cccc(C(=O)N[C@@H](C)C(=O)OCc2nc(-c3cccc(Cl)c3)no2)c1. The molecule has 3 rings (SSSR count). The third-order valence-electron chi connectivity index (χ3n) is 3.87. The molecular formula is C20H18ClN3O4. The number of rotatable bonds is 6. The number of carbonyl (C=O) groups excluding carboxylic acids is 2. The largest absolute Gasteiger partial charge is 0.454 e. The molecule has 28 heavy (non-hydrogen) atoms. The molecule has 0 radical (unpaired) electrons. The highest BCUT2D eigenvalue weighted by Gasteiger charge is 2.19. The Morgan fingerprint density at radius 1 is 1.21 bits per heavy atom. The Balaban J connectivity index is 1.54. The molecule has 8 heteroatoms. The molecule has 0 bridgehead atoms. The summed E-state index contributed by atoms with van der Waals surface area (Å²) in [5.41, 5.74) is 2.12. The summed E-state index contributed by atoms with van der Waals surface area (Å²) in [5.74, 6) is -0.479. The number of aromatic nitrogens is 2. The van der Waals surface area contributed by atoms with Crippen LogP contribution in [0.4, 0.5) is 0 Å². The van der Waals surface area contributed by atoms with E-state index in [0.29, 0.717) is 22.0 Å². The Hall–Kier alpha value is -3.19. The highest BCUT2D eigenvalue weighted by Crippen LogP contribution is 2.20. The van der Waals surface area contributed by atoms with Crippen LogP contribution in [-0.2, 0) is 16.1 Å². The van der Waals surface area contributed by atoms with Crippen molar-refractivity contribution in [3.8, 4) is 11.4 Å². The molecule has 0 spiro atoms. The van der Waals surface area contributed by atoms with Crippen molar-refractivity contribution in [2.75, 3.05) is 0 Å². The Bertz CT molecular complexity index is 1000. The van der Waals surface area contributed by atoms with Crippen molar-refractivity contribution in [2.24, 2.45) is 0 Å². The first-order valence-electron chi connectivity index (χ1n) is 8.55. The summed E-state index contributed by atoms with van der Waals surface area (Å²) in [6, 6.07) is 13.2. The maximum atomic E-state index is 12.2. The van der Waals surface area contributed by atoms with Crippen molar-refractivity contribution in [1.29, 1.82) is 0 Å². The van der Waals surface area contributed by atoms with Gasteiger partial charge in [-0.05, 0) is 38.1 Å². The van der Waals surface area contributed by atoms with Gasteiger partial charge in [-0.2, -0.15) is 4.98 Å². The zero-order valence-corrected chi connectivity index (χ0v) is 16.1. The molecule has 3 aromatic rings. The molecule has 2 aromatic carbocycles. The number of carbonyl (C=O) groups is 2. The van der Waals surface area contributed by atoms with Crippen molar-refractivity contribution >= 4 is 23.5 Å². The topological polar surface area (TPSA) is 94.3 Å². The summed E-state index contributed by atoms with van der Waals surface area (Å²) >= 11 is 5.94. The lowest BCUT2D eigenvalue weighted by molar-refractivity contribution is -0.147. The molecule has 144 valence electrons. The first kappa shape index (κ1) is 19.6. The molecule has 1 N–H and O–H groups in total. The van der Waals surface area contributed by atoms with E-state index >= 15 is 0 Å². The van der Waals surface area contributed by atoms with E-state index in [4.69, 9.17) is 20.9 Å². The van der Waals surface area contributed by atoms with Gasteiger partial charge >= 0.3 is 5.97 Å². The minimum absolute atomic E-state index is 0.139. The molecule has 0 unspecified atom stereocenters. The molecule has 1 heterocycles. The van der Waals surface area contributed by atoms with Gasteiger partial charge in [0, 0.05) is 16.1 Å².